The smallest absolute Gasteiger partial charge is 0.261 e. The van der Waals surface area contributed by atoms with E-state index in [0.29, 0.717) is 27.1 Å². The Kier molecular flexibility index (Phi) is 7.96. The third-order valence-corrected chi connectivity index (χ3v) is 4.93. The van der Waals surface area contributed by atoms with Gasteiger partial charge in [0, 0.05) is 29.2 Å². The summed E-state index contributed by atoms with van der Waals surface area (Å²) in [5.41, 5.74) is 0.562. The topological polar surface area (TPSA) is 67.9 Å². The molecule has 2 rings (SSSR count). The molecular formula is C20H22Cl2N2O4. The van der Waals surface area contributed by atoms with E-state index in [-0.39, 0.29) is 19.1 Å². The maximum Gasteiger partial charge on any atom is 0.261 e. The number of likely N-dealkylation sites (N-methyl/N-ethyl adjacent to an activating group) is 1. The molecule has 0 spiro atoms. The van der Waals surface area contributed by atoms with Crippen LogP contribution in [-0.2, 0) is 16.1 Å². The predicted octanol–water partition coefficient (Wildman–Crippen LogP) is 3.54. The van der Waals surface area contributed by atoms with Gasteiger partial charge < -0.3 is 19.7 Å². The van der Waals surface area contributed by atoms with Crippen molar-refractivity contribution in [1.29, 1.82) is 0 Å². The van der Waals surface area contributed by atoms with Gasteiger partial charge in [-0.15, -0.1) is 0 Å². The lowest BCUT2D eigenvalue weighted by Crippen LogP contribution is -2.48. The first-order chi connectivity index (χ1) is 13.4. The summed E-state index contributed by atoms with van der Waals surface area (Å²) in [6.07, 6.45) is 0. The number of benzene rings is 2. The first-order valence-electron chi connectivity index (χ1n) is 8.58. The van der Waals surface area contributed by atoms with E-state index in [1.165, 1.54) is 19.1 Å². The summed E-state index contributed by atoms with van der Waals surface area (Å²) in [6, 6.07) is 11.3. The third-order valence-electron chi connectivity index (χ3n) is 4.22. The Balaban J connectivity index is 2.23. The minimum Gasteiger partial charge on any atom is -0.493 e. The molecule has 8 heteroatoms. The monoisotopic (exact) mass is 424 g/mol. The Morgan fingerprint density at radius 2 is 1.68 bits per heavy atom. The lowest BCUT2D eigenvalue weighted by Gasteiger charge is -2.29. The van der Waals surface area contributed by atoms with Gasteiger partial charge in [0.15, 0.2) is 18.1 Å². The van der Waals surface area contributed by atoms with Gasteiger partial charge >= 0.3 is 0 Å². The summed E-state index contributed by atoms with van der Waals surface area (Å²) in [7, 11) is 3.03. The van der Waals surface area contributed by atoms with E-state index in [4.69, 9.17) is 32.7 Å². The van der Waals surface area contributed by atoms with E-state index >= 15 is 0 Å². The average Bonchev–Trinajstić information content (AvgIpc) is 2.71. The molecule has 0 aromatic heterocycles. The number of halogens is 2. The zero-order chi connectivity index (χ0) is 20.7. The maximum atomic E-state index is 12.9. The number of nitrogens with zero attached hydrogens (tertiary/aromatic N) is 1. The number of nitrogens with one attached hydrogen (secondary N) is 1. The van der Waals surface area contributed by atoms with Crippen molar-refractivity contribution in [3.8, 4) is 11.5 Å². The van der Waals surface area contributed by atoms with E-state index in [1.807, 2.05) is 0 Å². The van der Waals surface area contributed by atoms with Crippen LogP contribution in [0.3, 0.4) is 0 Å². The van der Waals surface area contributed by atoms with Gasteiger partial charge in [0.2, 0.25) is 5.91 Å². The lowest BCUT2D eigenvalue weighted by molar-refractivity contribution is -0.142. The molecule has 0 radical (unpaired) electrons. The first-order valence-corrected chi connectivity index (χ1v) is 9.34. The van der Waals surface area contributed by atoms with Crippen molar-refractivity contribution in [2.24, 2.45) is 0 Å². The van der Waals surface area contributed by atoms with E-state index < -0.39 is 11.9 Å². The standard InChI is InChI=1S/C20H22Cl2N2O4/c1-13(20(26)23-2)24(11-14-15(21)7-6-8-16(14)22)19(25)12-28-18-10-5-4-9-17(18)27-3/h4-10,13H,11-12H2,1-3H3,(H,23,26). The van der Waals surface area contributed by atoms with Crippen LogP contribution in [0.1, 0.15) is 12.5 Å². The minimum absolute atomic E-state index is 0.0706. The van der Waals surface area contributed by atoms with Crippen LogP contribution < -0.4 is 14.8 Å². The summed E-state index contributed by atoms with van der Waals surface area (Å²) in [5.74, 6) is 0.240. The molecule has 6 nitrogen and oxygen atoms in total. The number of rotatable bonds is 8. The fraction of sp³-hybridized carbons (Fsp3) is 0.300. The van der Waals surface area contributed by atoms with Crippen LogP contribution in [0.15, 0.2) is 42.5 Å². The third kappa shape index (κ3) is 5.30. The second-order valence-corrected chi connectivity index (χ2v) is 6.77. The molecule has 0 bridgehead atoms. The molecule has 150 valence electrons. The molecule has 0 fully saturated rings. The van der Waals surface area contributed by atoms with Crippen LogP contribution in [0, 0.1) is 0 Å². The van der Waals surface area contributed by atoms with Crippen molar-refractivity contribution in [1.82, 2.24) is 10.2 Å². The molecule has 1 atom stereocenters. The SMILES string of the molecule is CNC(=O)C(C)N(Cc1c(Cl)cccc1Cl)C(=O)COc1ccccc1OC. The molecule has 0 aliphatic carbocycles. The maximum absolute atomic E-state index is 12.9. The Bertz CT molecular complexity index is 824. The van der Waals surface area contributed by atoms with Gasteiger partial charge in [-0.2, -0.15) is 0 Å². The summed E-state index contributed by atoms with van der Waals surface area (Å²) >= 11 is 12.5. The summed E-state index contributed by atoms with van der Waals surface area (Å²) in [4.78, 5) is 26.4. The lowest BCUT2D eigenvalue weighted by atomic mass is 10.1. The van der Waals surface area contributed by atoms with Crippen molar-refractivity contribution < 1.29 is 19.1 Å². The largest absolute Gasteiger partial charge is 0.493 e. The molecule has 0 saturated carbocycles. The molecule has 2 aromatic rings. The van der Waals surface area contributed by atoms with Crippen LogP contribution in [-0.4, -0.2) is 43.5 Å². The fourth-order valence-electron chi connectivity index (χ4n) is 2.61. The quantitative estimate of drug-likeness (QED) is 0.703. The Morgan fingerprint density at radius 3 is 2.25 bits per heavy atom. The zero-order valence-corrected chi connectivity index (χ0v) is 17.4. The first kappa shape index (κ1) is 21.9. The molecule has 0 aliphatic rings. The van der Waals surface area contributed by atoms with Crippen molar-refractivity contribution in [3.05, 3.63) is 58.1 Å². The Labute approximate surface area is 174 Å². The van der Waals surface area contributed by atoms with Crippen LogP contribution >= 0.6 is 23.2 Å². The highest BCUT2D eigenvalue weighted by molar-refractivity contribution is 6.36. The van der Waals surface area contributed by atoms with Gasteiger partial charge in [0.1, 0.15) is 6.04 Å². The summed E-state index contributed by atoms with van der Waals surface area (Å²) in [6.45, 7) is 1.43. The number of para-hydroxylation sites is 2. The molecule has 1 N–H and O–H groups in total. The summed E-state index contributed by atoms with van der Waals surface area (Å²) < 4.78 is 10.8. The minimum atomic E-state index is -0.744. The Hall–Kier alpha value is -2.44. The van der Waals surface area contributed by atoms with E-state index in [0.717, 1.165) is 0 Å². The molecule has 0 saturated heterocycles. The second kappa shape index (κ2) is 10.2. The highest BCUT2D eigenvalue weighted by Gasteiger charge is 2.27. The average molecular weight is 425 g/mol. The molecular weight excluding hydrogens is 403 g/mol. The highest BCUT2D eigenvalue weighted by atomic mass is 35.5. The molecule has 0 aliphatic heterocycles. The number of hydrogen-bond donors (Lipinski definition) is 1. The number of carbonyl (C=O) groups excluding carboxylic acids is 2. The zero-order valence-electron chi connectivity index (χ0n) is 15.9. The van der Waals surface area contributed by atoms with Crippen molar-refractivity contribution in [2.75, 3.05) is 20.8 Å². The molecule has 28 heavy (non-hydrogen) atoms. The Morgan fingerprint density at radius 1 is 1.07 bits per heavy atom. The second-order valence-electron chi connectivity index (χ2n) is 5.95. The van der Waals surface area contributed by atoms with E-state index in [1.54, 1.807) is 49.4 Å². The van der Waals surface area contributed by atoms with Gasteiger partial charge in [-0.05, 0) is 31.2 Å². The number of amides is 2. The van der Waals surface area contributed by atoms with Gasteiger partial charge in [-0.1, -0.05) is 41.4 Å². The number of methoxy groups -OCH3 is 1. The van der Waals surface area contributed by atoms with Crippen molar-refractivity contribution in [3.63, 3.8) is 0 Å². The van der Waals surface area contributed by atoms with Gasteiger partial charge in [0.05, 0.1) is 7.11 Å². The summed E-state index contributed by atoms with van der Waals surface area (Å²) in [5, 5.41) is 3.38. The molecule has 2 aromatic carbocycles. The molecule has 2 amide bonds. The number of carbonyl (C=O) groups is 2. The van der Waals surface area contributed by atoms with Gasteiger partial charge in [-0.3, -0.25) is 9.59 Å². The molecule has 0 heterocycles. The van der Waals surface area contributed by atoms with Crippen LogP contribution in [0.2, 0.25) is 10.0 Å². The molecule has 1 unspecified atom stereocenters. The highest BCUT2D eigenvalue weighted by Crippen LogP contribution is 2.28. The number of ether oxygens (including phenoxy) is 2. The predicted molar refractivity (Wildman–Crippen MR) is 109 cm³/mol. The van der Waals surface area contributed by atoms with Crippen LogP contribution in [0.4, 0.5) is 0 Å². The van der Waals surface area contributed by atoms with Crippen LogP contribution in [0.5, 0.6) is 11.5 Å². The van der Waals surface area contributed by atoms with Crippen molar-refractivity contribution in [2.45, 2.75) is 19.5 Å². The van der Waals surface area contributed by atoms with E-state index in [9.17, 15) is 9.59 Å². The van der Waals surface area contributed by atoms with Crippen molar-refractivity contribution >= 4 is 35.0 Å². The van der Waals surface area contributed by atoms with Gasteiger partial charge in [-0.25, -0.2) is 0 Å². The van der Waals surface area contributed by atoms with Gasteiger partial charge in [0.25, 0.3) is 5.91 Å². The fourth-order valence-corrected chi connectivity index (χ4v) is 3.12. The number of hydrogen-bond acceptors (Lipinski definition) is 4. The normalized spacial score (nSPS) is 11.5. The van der Waals surface area contributed by atoms with Crippen LogP contribution in [0.25, 0.3) is 0 Å². The van der Waals surface area contributed by atoms with E-state index in [2.05, 4.69) is 5.32 Å².